The van der Waals surface area contributed by atoms with E-state index in [1.54, 1.807) is 23.2 Å². The molecule has 1 unspecified atom stereocenters. The van der Waals surface area contributed by atoms with Gasteiger partial charge in [0, 0.05) is 50.2 Å². The lowest BCUT2D eigenvalue weighted by Gasteiger charge is -2.34. The molecule has 1 aromatic carbocycles. The van der Waals surface area contributed by atoms with Gasteiger partial charge < -0.3 is 10.6 Å². The first-order valence-electron chi connectivity index (χ1n) is 9.18. The molecule has 0 aliphatic carbocycles. The number of aromatic nitrogens is 1. The smallest absolute Gasteiger partial charge is 0.245 e. The number of amides is 1. The summed E-state index contributed by atoms with van der Waals surface area (Å²) in [5.41, 5.74) is 7.17. The van der Waals surface area contributed by atoms with Crippen LogP contribution in [0, 0.1) is 6.92 Å². The first-order chi connectivity index (χ1) is 12.8. The fraction of sp³-hybridized carbons (Fsp3) is 0.474. The van der Waals surface area contributed by atoms with Gasteiger partial charge in [0.1, 0.15) is 4.90 Å². The van der Waals surface area contributed by atoms with Crippen LogP contribution in [0.25, 0.3) is 10.9 Å². The number of fused-ring (bicyclic) bond motifs is 1. The maximum absolute atomic E-state index is 13.1. The molecule has 1 saturated heterocycles. The quantitative estimate of drug-likeness (QED) is 0.787. The van der Waals surface area contributed by atoms with E-state index >= 15 is 0 Å². The van der Waals surface area contributed by atoms with E-state index in [1.807, 2.05) is 26.0 Å². The summed E-state index contributed by atoms with van der Waals surface area (Å²) in [4.78, 5) is 18.5. The van der Waals surface area contributed by atoms with Crippen LogP contribution < -0.4 is 5.73 Å². The molecule has 0 saturated carbocycles. The highest BCUT2D eigenvalue weighted by Crippen LogP contribution is 2.25. The van der Waals surface area contributed by atoms with Crippen LogP contribution in [0.5, 0.6) is 0 Å². The van der Waals surface area contributed by atoms with Crippen molar-refractivity contribution < 1.29 is 13.2 Å². The second kappa shape index (κ2) is 9.17. The number of para-hydroxylation sites is 1. The van der Waals surface area contributed by atoms with Gasteiger partial charge in [-0.1, -0.05) is 12.1 Å². The molecule has 1 amide bonds. The number of nitrogens with zero attached hydrogens (tertiary/aromatic N) is 3. The third kappa shape index (κ3) is 4.81. The Morgan fingerprint density at radius 1 is 1.25 bits per heavy atom. The lowest BCUT2D eigenvalue weighted by Crippen LogP contribution is -2.50. The Bertz CT molecular complexity index is 941. The van der Waals surface area contributed by atoms with E-state index in [0.717, 1.165) is 10.9 Å². The fourth-order valence-electron chi connectivity index (χ4n) is 3.28. The van der Waals surface area contributed by atoms with Gasteiger partial charge in [-0.2, -0.15) is 4.31 Å². The zero-order valence-corrected chi connectivity index (χ0v) is 17.8. The highest BCUT2D eigenvalue weighted by Gasteiger charge is 2.31. The van der Waals surface area contributed by atoms with E-state index in [9.17, 15) is 13.2 Å². The predicted octanol–water partition coefficient (Wildman–Crippen LogP) is 1.93. The van der Waals surface area contributed by atoms with Crippen LogP contribution in [0.1, 0.15) is 25.3 Å². The number of carbonyl (C=O) groups is 1. The molecule has 3 rings (SSSR count). The average molecular weight is 427 g/mol. The number of rotatable bonds is 5. The Balaban J connectivity index is 0.00000280. The number of aryl methyl sites for hydroxylation is 1. The number of sulfonamides is 1. The average Bonchev–Trinajstić information content (AvgIpc) is 2.65. The molecule has 1 aromatic heterocycles. The topological polar surface area (TPSA) is 96.6 Å². The van der Waals surface area contributed by atoms with Gasteiger partial charge in [0.25, 0.3) is 0 Å². The molecule has 2 aromatic rings. The zero-order chi connectivity index (χ0) is 19.6. The Morgan fingerprint density at radius 3 is 2.57 bits per heavy atom. The Kier molecular flexibility index (Phi) is 7.39. The van der Waals surface area contributed by atoms with E-state index in [-0.39, 0.29) is 42.3 Å². The summed E-state index contributed by atoms with van der Waals surface area (Å²) in [5.74, 6) is 0.0339. The highest BCUT2D eigenvalue weighted by atomic mass is 35.5. The monoisotopic (exact) mass is 426 g/mol. The molecular weight excluding hydrogens is 400 g/mol. The van der Waals surface area contributed by atoms with Gasteiger partial charge in [-0.25, -0.2) is 8.42 Å². The molecule has 0 spiro atoms. The summed E-state index contributed by atoms with van der Waals surface area (Å²) in [5, 5.41) is 0.806. The van der Waals surface area contributed by atoms with Crippen LogP contribution >= 0.6 is 12.4 Å². The van der Waals surface area contributed by atoms with E-state index in [1.165, 1.54) is 4.31 Å². The number of hydrogen-bond acceptors (Lipinski definition) is 5. The second-order valence-electron chi connectivity index (χ2n) is 7.14. The van der Waals surface area contributed by atoms with Gasteiger partial charge in [0.2, 0.25) is 15.9 Å². The van der Waals surface area contributed by atoms with Gasteiger partial charge in [0.05, 0.1) is 5.52 Å². The minimum absolute atomic E-state index is 0. The van der Waals surface area contributed by atoms with Crippen molar-refractivity contribution in [1.29, 1.82) is 0 Å². The van der Waals surface area contributed by atoms with Crippen molar-refractivity contribution in [3.63, 3.8) is 0 Å². The van der Waals surface area contributed by atoms with Crippen molar-refractivity contribution in [2.75, 3.05) is 26.2 Å². The van der Waals surface area contributed by atoms with Gasteiger partial charge >= 0.3 is 0 Å². The maximum Gasteiger partial charge on any atom is 0.245 e. The molecule has 1 aliphatic heterocycles. The summed E-state index contributed by atoms with van der Waals surface area (Å²) in [6.45, 7) is 5.17. The highest BCUT2D eigenvalue weighted by molar-refractivity contribution is 7.89. The first-order valence-corrected chi connectivity index (χ1v) is 10.6. The Labute approximate surface area is 172 Å². The van der Waals surface area contributed by atoms with Crippen molar-refractivity contribution in [3.8, 4) is 0 Å². The number of halogens is 1. The lowest BCUT2D eigenvalue weighted by molar-refractivity contribution is -0.132. The summed E-state index contributed by atoms with van der Waals surface area (Å²) in [7, 11) is -3.66. The van der Waals surface area contributed by atoms with Gasteiger partial charge in [-0.05, 0) is 38.0 Å². The number of carbonyl (C=O) groups excluding carboxylic acids is 1. The van der Waals surface area contributed by atoms with Crippen LogP contribution in [-0.4, -0.2) is 60.7 Å². The molecule has 154 valence electrons. The van der Waals surface area contributed by atoms with Crippen LogP contribution in [0.15, 0.2) is 35.4 Å². The van der Waals surface area contributed by atoms with Crippen LogP contribution in [0.3, 0.4) is 0 Å². The molecule has 28 heavy (non-hydrogen) atoms. The van der Waals surface area contributed by atoms with Crippen LogP contribution in [0.4, 0.5) is 0 Å². The molecular formula is C19H27ClN4O3S. The maximum atomic E-state index is 13.1. The minimum atomic E-state index is -3.66. The van der Waals surface area contributed by atoms with Crippen molar-refractivity contribution >= 4 is 39.2 Å². The van der Waals surface area contributed by atoms with Crippen molar-refractivity contribution in [2.24, 2.45) is 5.73 Å². The fourth-order valence-corrected chi connectivity index (χ4v) is 4.86. The SMILES string of the molecule is Cc1cnc2c(S(=O)(=O)N3CCN(C(=O)CCC(C)N)CC3)cccc2c1.Cl. The molecule has 2 heterocycles. The minimum Gasteiger partial charge on any atom is -0.340 e. The van der Waals surface area contributed by atoms with Gasteiger partial charge in [-0.15, -0.1) is 12.4 Å². The van der Waals surface area contributed by atoms with Gasteiger partial charge in [0.15, 0.2) is 0 Å². The molecule has 9 heteroatoms. The van der Waals surface area contributed by atoms with E-state index in [2.05, 4.69) is 4.98 Å². The number of benzene rings is 1. The Morgan fingerprint density at radius 2 is 1.93 bits per heavy atom. The van der Waals surface area contributed by atoms with E-state index in [0.29, 0.717) is 31.4 Å². The van der Waals surface area contributed by atoms with Crippen molar-refractivity contribution in [1.82, 2.24) is 14.2 Å². The third-order valence-corrected chi connectivity index (χ3v) is 6.76. The normalized spacial score (nSPS) is 16.6. The predicted molar refractivity (Wildman–Crippen MR) is 112 cm³/mol. The Hall–Kier alpha value is -1.74. The van der Waals surface area contributed by atoms with E-state index in [4.69, 9.17) is 5.73 Å². The van der Waals surface area contributed by atoms with Crippen LogP contribution in [0.2, 0.25) is 0 Å². The van der Waals surface area contributed by atoms with Crippen molar-refractivity contribution in [3.05, 3.63) is 36.0 Å². The summed E-state index contributed by atoms with van der Waals surface area (Å²) in [6.07, 6.45) is 2.71. The van der Waals surface area contributed by atoms with Crippen LogP contribution in [-0.2, 0) is 14.8 Å². The number of nitrogens with two attached hydrogens (primary N) is 1. The summed E-state index contributed by atoms with van der Waals surface area (Å²) >= 11 is 0. The molecule has 0 bridgehead atoms. The largest absolute Gasteiger partial charge is 0.340 e. The third-order valence-electron chi connectivity index (χ3n) is 4.83. The molecule has 2 N–H and O–H groups in total. The van der Waals surface area contributed by atoms with Gasteiger partial charge in [-0.3, -0.25) is 9.78 Å². The second-order valence-corrected chi connectivity index (χ2v) is 9.05. The molecule has 1 aliphatic rings. The first kappa shape index (κ1) is 22.5. The zero-order valence-electron chi connectivity index (χ0n) is 16.2. The molecule has 7 nitrogen and oxygen atoms in total. The molecule has 1 atom stereocenters. The summed E-state index contributed by atoms with van der Waals surface area (Å²) in [6, 6.07) is 7.11. The summed E-state index contributed by atoms with van der Waals surface area (Å²) < 4.78 is 27.7. The molecule has 0 radical (unpaired) electrons. The van der Waals surface area contributed by atoms with Crippen molar-refractivity contribution in [2.45, 2.75) is 37.6 Å². The number of pyridine rings is 1. The number of piperazine rings is 1. The standard InChI is InChI=1S/C19H26N4O3S.ClH/c1-14-12-16-4-3-5-17(19(16)21-13-14)27(25,26)23-10-8-22(9-11-23)18(24)7-6-15(2)20;/h3-5,12-13,15H,6-11,20H2,1-2H3;1H. The van der Waals surface area contributed by atoms with E-state index < -0.39 is 10.0 Å². The lowest BCUT2D eigenvalue weighted by atomic mass is 10.2. The molecule has 1 fully saturated rings. The number of hydrogen-bond donors (Lipinski definition) is 1.